The van der Waals surface area contributed by atoms with E-state index in [1.807, 2.05) is 25.2 Å². The molecule has 0 aliphatic heterocycles. The fourth-order valence-corrected chi connectivity index (χ4v) is 2.96. The molecule has 118 valence electrons. The lowest BCUT2D eigenvalue weighted by atomic mass is 9.85. The van der Waals surface area contributed by atoms with Crippen LogP contribution in [0.4, 0.5) is 0 Å². The van der Waals surface area contributed by atoms with Crippen LogP contribution >= 0.6 is 15.9 Å². The van der Waals surface area contributed by atoms with E-state index in [9.17, 15) is 4.79 Å². The molecule has 22 heavy (non-hydrogen) atoms. The molecule has 3 rings (SSSR count). The molecule has 1 fully saturated rings. The van der Waals surface area contributed by atoms with E-state index in [4.69, 9.17) is 4.74 Å². The zero-order chi connectivity index (χ0) is 15.5. The highest BCUT2D eigenvalue weighted by molar-refractivity contribution is 9.10. The summed E-state index contributed by atoms with van der Waals surface area (Å²) in [5.74, 6) is 1.31. The molecule has 1 aliphatic carbocycles. The number of aryl methyl sites for hydroxylation is 1. The lowest BCUT2D eigenvalue weighted by Crippen LogP contribution is -2.32. The molecule has 2 aromatic rings. The Kier molecular flexibility index (Phi) is 4.66. The first kappa shape index (κ1) is 15.3. The summed E-state index contributed by atoms with van der Waals surface area (Å²) < 4.78 is 8.47. The summed E-state index contributed by atoms with van der Waals surface area (Å²) in [6.07, 6.45) is 4.14. The van der Waals surface area contributed by atoms with Crippen LogP contribution in [0.3, 0.4) is 0 Å². The lowest BCUT2D eigenvalue weighted by molar-refractivity contribution is -0.121. The van der Waals surface area contributed by atoms with Crippen LogP contribution < -0.4 is 10.1 Å². The fraction of sp³-hybridized carbons (Fsp3) is 0.500. The number of amides is 1. The Morgan fingerprint density at radius 1 is 1.50 bits per heavy atom. The fourth-order valence-electron chi connectivity index (χ4n) is 2.60. The second kappa shape index (κ2) is 6.69. The van der Waals surface area contributed by atoms with E-state index in [1.54, 1.807) is 4.68 Å². The zero-order valence-electron chi connectivity index (χ0n) is 12.6. The SMILES string of the molecule is Cn1nc(OCCC(=O)NCC2CCC2)c2cc(Br)ccc21. The number of halogens is 1. The molecule has 1 heterocycles. The van der Waals surface area contributed by atoms with Gasteiger partial charge in [-0.15, -0.1) is 5.10 Å². The van der Waals surface area contributed by atoms with Gasteiger partial charge in [-0.05, 0) is 37.0 Å². The van der Waals surface area contributed by atoms with Gasteiger partial charge in [-0.2, -0.15) is 0 Å². The average molecular weight is 366 g/mol. The molecule has 0 bridgehead atoms. The Hall–Kier alpha value is -1.56. The van der Waals surface area contributed by atoms with E-state index in [0.717, 1.165) is 21.9 Å². The zero-order valence-corrected chi connectivity index (χ0v) is 14.2. The molecule has 0 radical (unpaired) electrons. The van der Waals surface area contributed by atoms with Crippen LogP contribution in [-0.2, 0) is 11.8 Å². The van der Waals surface area contributed by atoms with Crippen LogP contribution in [0.2, 0.25) is 0 Å². The Bertz CT molecular complexity index is 679. The molecule has 0 spiro atoms. The Morgan fingerprint density at radius 3 is 3.05 bits per heavy atom. The van der Waals surface area contributed by atoms with Gasteiger partial charge in [-0.3, -0.25) is 9.48 Å². The van der Waals surface area contributed by atoms with Gasteiger partial charge in [0.2, 0.25) is 11.8 Å². The van der Waals surface area contributed by atoms with Crippen molar-refractivity contribution in [3.8, 4) is 5.88 Å². The molecule has 0 saturated heterocycles. The van der Waals surface area contributed by atoms with Crippen molar-refractivity contribution >= 4 is 32.7 Å². The van der Waals surface area contributed by atoms with Crippen molar-refractivity contribution < 1.29 is 9.53 Å². The number of fused-ring (bicyclic) bond motifs is 1. The topological polar surface area (TPSA) is 56.2 Å². The number of hydrogen-bond donors (Lipinski definition) is 1. The minimum absolute atomic E-state index is 0.0494. The van der Waals surface area contributed by atoms with Crippen molar-refractivity contribution in [1.82, 2.24) is 15.1 Å². The molecule has 1 aliphatic rings. The summed E-state index contributed by atoms with van der Waals surface area (Å²) in [7, 11) is 1.88. The van der Waals surface area contributed by atoms with Gasteiger partial charge < -0.3 is 10.1 Å². The number of carbonyl (C=O) groups is 1. The molecule has 1 aromatic carbocycles. The highest BCUT2D eigenvalue weighted by Gasteiger charge is 2.18. The Morgan fingerprint density at radius 2 is 2.32 bits per heavy atom. The van der Waals surface area contributed by atoms with Crippen LogP contribution in [0.1, 0.15) is 25.7 Å². The number of hydrogen-bond acceptors (Lipinski definition) is 3. The summed E-state index contributed by atoms with van der Waals surface area (Å²) >= 11 is 3.46. The Labute approximate surface area is 138 Å². The minimum Gasteiger partial charge on any atom is -0.476 e. The van der Waals surface area contributed by atoms with Crippen LogP contribution in [0.5, 0.6) is 5.88 Å². The molecule has 1 aromatic heterocycles. The molecule has 1 saturated carbocycles. The monoisotopic (exact) mass is 365 g/mol. The largest absolute Gasteiger partial charge is 0.476 e. The van der Waals surface area contributed by atoms with Crippen molar-refractivity contribution in [2.45, 2.75) is 25.7 Å². The third-order valence-electron chi connectivity index (χ3n) is 4.16. The predicted molar refractivity (Wildman–Crippen MR) is 88.9 cm³/mol. The summed E-state index contributed by atoms with van der Waals surface area (Å²) in [5, 5.41) is 8.29. The van der Waals surface area contributed by atoms with Gasteiger partial charge in [-0.1, -0.05) is 22.4 Å². The molecule has 5 nitrogen and oxygen atoms in total. The number of benzene rings is 1. The minimum atomic E-state index is 0.0494. The van der Waals surface area contributed by atoms with Crippen molar-refractivity contribution in [3.05, 3.63) is 22.7 Å². The average Bonchev–Trinajstić information content (AvgIpc) is 2.73. The molecule has 6 heteroatoms. The number of rotatable bonds is 6. The molecular weight excluding hydrogens is 346 g/mol. The first-order chi connectivity index (χ1) is 10.6. The van der Waals surface area contributed by atoms with Gasteiger partial charge >= 0.3 is 0 Å². The summed E-state index contributed by atoms with van der Waals surface area (Å²) in [6.45, 7) is 1.15. The van der Waals surface area contributed by atoms with Gasteiger partial charge in [0.25, 0.3) is 0 Å². The van der Waals surface area contributed by atoms with E-state index in [0.29, 0.717) is 24.8 Å². The van der Waals surface area contributed by atoms with Gasteiger partial charge in [0.05, 0.1) is 23.9 Å². The van der Waals surface area contributed by atoms with Crippen molar-refractivity contribution in [2.24, 2.45) is 13.0 Å². The van der Waals surface area contributed by atoms with Gasteiger partial charge in [0.15, 0.2) is 0 Å². The number of aromatic nitrogens is 2. The van der Waals surface area contributed by atoms with E-state index >= 15 is 0 Å². The number of ether oxygens (including phenoxy) is 1. The standard InChI is InChI=1S/C16H20BrN3O2/c1-20-14-6-5-12(17)9-13(14)16(19-20)22-8-7-15(21)18-10-11-3-2-4-11/h5-6,9,11H,2-4,7-8,10H2,1H3,(H,18,21). The van der Waals surface area contributed by atoms with Crippen LogP contribution in [0, 0.1) is 5.92 Å². The summed E-state index contributed by atoms with van der Waals surface area (Å²) in [6, 6.07) is 5.95. The maximum Gasteiger partial charge on any atom is 0.240 e. The van der Waals surface area contributed by atoms with E-state index < -0.39 is 0 Å². The van der Waals surface area contributed by atoms with Crippen LogP contribution in [0.25, 0.3) is 10.9 Å². The number of nitrogens with zero attached hydrogens (tertiary/aromatic N) is 2. The smallest absolute Gasteiger partial charge is 0.240 e. The van der Waals surface area contributed by atoms with Gasteiger partial charge in [-0.25, -0.2) is 0 Å². The summed E-state index contributed by atoms with van der Waals surface area (Å²) in [5.41, 5.74) is 1.01. The van der Waals surface area contributed by atoms with Crippen molar-refractivity contribution in [1.29, 1.82) is 0 Å². The highest BCUT2D eigenvalue weighted by Crippen LogP contribution is 2.27. The number of nitrogens with one attached hydrogen (secondary N) is 1. The second-order valence-electron chi connectivity index (χ2n) is 5.79. The van der Waals surface area contributed by atoms with Crippen LogP contribution in [0.15, 0.2) is 22.7 Å². The normalized spacial score (nSPS) is 14.8. The van der Waals surface area contributed by atoms with E-state index in [-0.39, 0.29) is 5.91 Å². The van der Waals surface area contributed by atoms with E-state index in [1.165, 1.54) is 19.3 Å². The second-order valence-corrected chi connectivity index (χ2v) is 6.71. The molecule has 0 atom stereocenters. The highest BCUT2D eigenvalue weighted by atomic mass is 79.9. The molecule has 0 unspecified atom stereocenters. The third-order valence-corrected chi connectivity index (χ3v) is 4.65. The first-order valence-electron chi connectivity index (χ1n) is 7.65. The lowest BCUT2D eigenvalue weighted by Gasteiger charge is -2.25. The maximum absolute atomic E-state index is 11.8. The molecule has 1 N–H and O–H groups in total. The third kappa shape index (κ3) is 3.43. The molecular formula is C16H20BrN3O2. The molecule has 1 amide bonds. The van der Waals surface area contributed by atoms with Crippen molar-refractivity contribution in [3.63, 3.8) is 0 Å². The van der Waals surface area contributed by atoms with Gasteiger partial charge in [0, 0.05) is 18.1 Å². The van der Waals surface area contributed by atoms with Crippen LogP contribution in [-0.4, -0.2) is 28.8 Å². The Balaban J connectivity index is 1.52. The van der Waals surface area contributed by atoms with E-state index in [2.05, 4.69) is 26.3 Å². The summed E-state index contributed by atoms with van der Waals surface area (Å²) in [4.78, 5) is 11.8. The van der Waals surface area contributed by atoms with Crippen molar-refractivity contribution in [2.75, 3.05) is 13.2 Å². The first-order valence-corrected chi connectivity index (χ1v) is 8.44. The van der Waals surface area contributed by atoms with Gasteiger partial charge in [0.1, 0.15) is 0 Å². The maximum atomic E-state index is 11.8. The number of carbonyl (C=O) groups excluding carboxylic acids is 1. The predicted octanol–water partition coefficient (Wildman–Crippen LogP) is 3.02. The quantitative estimate of drug-likeness (QED) is 0.855.